The molecule has 0 spiro atoms. The summed E-state index contributed by atoms with van der Waals surface area (Å²) < 4.78 is 5.28. The summed E-state index contributed by atoms with van der Waals surface area (Å²) in [5, 5.41) is 2.91. The predicted octanol–water partition coefficient (Wildman–Crippen LogP) is 1.49. The van der Waals surface area contributed by atoms with E-state index >= 15 is 0 Å². The van der Waals surface area contributed by atoms with Crippen LogP contribution >= 0.6 is 11.6 Å². The van der Waals surface area contributed by atoms with Gasteiger partial charge in [-0.2, -0.15) is 0 Å². The van der Waals surface area contributed by atoms with Crippen molar-refractivity contribution in [2.75, 3.05) is 13.2 Å². The highest BCUT2D eigenvalue weighted by Crippen LogP contribution is 2.27. The molecule has 0 aromatic heterocycles. The van der Waals surface area contributed by atoms with Gasteiger partial charge in [0, 0.05) is 6.04 Å². The summed E-state index contributed by atoms with van der Waals surface area (Å²) in [5.74, 6) is 2.45. The van der Waals surface area contributed by atoms with Gasteiger partial charge in [-0.1, -0.05) is 23.6 Å². The van der Waals surface area contributed by atoms with Crippen molar-refractivity contribution in [2.45, 2.75) is 13.0 Å². The molecule has 1 amide bonds. The van der Waals surface area contributed by atoms with Gasteiger partial charge in [-0.05, 0) is 24.6 Å². The quantitative estimate of drug-likeness (QED) is 0.794. The molecule has 1 aromatic carbocycles. The summed E-state index contributed by atoms with van der Waals surface area (Å²) in [5.41, 5.74) is 6.63. The van der Waals surface area contributed by atoms with Crippen LogP contribution in [0.15, 0.2) is 18.2 Å². The lowest BCUT2D eigenvalue weighted by Gasteiger charge is -2.10. The fourth-order valence-corrected chi connectivity index (χ4v) is 1.50. The maximum atomic E-state index is 11.3. The summed E-state index contributed by atoms with van der Waals surface area (Å²) in [6.45, 7) is 1.91. The molecule has 18 heavy (non-hydrogen) atoms. The third-order valence-electron chi connectivity index (χ3n) is 2.23. The molecule has 96 valence electrons. The Kier molecular flexibility index (Phi) is 5.50. The van der Waals surface area contributed by atoms with E-state index in [-0.39, 0.29) is 25.1 Å². The van der Waals surface area contributed by atoms with Gasteiger partial charge in [0.05, 0.1) is 11.6 Å². The van der Waals surface area contributed by atoms with Crippen LogP contribution in [0, 0.1) is 12.3 Å². The maximum Gasteiger partial charge on any atom is 0.258 e. The standard InChI is InChI=1S/C13H15ClN2O2/c1-3-6-16-13(17)8-18-12-5-4-10(9(2)15)7-11(12)14/h1,4-5,7,9H,6,8,15H2,2H3,(H,16,17)/t9-/m1/s1. The normalized spacial score (nSPS) is 11.4. The Morgan fingerprint density at radius 2 is 2.39 bits per heavy atom. The van der Waals surface area contributed by atoms with Gasteiger partial charge in [0.25, 0.3) is 5.91 Å². The highest BCUT2D eigenvalue weighted by atomic mass is 35.5. The van der Waals surface area contributed by atoms with Gasteiger partial charge in [-0.3, -0.25) is 4.79 Å². The third kappa shape index (κ3) is 4.28. The third-order valence-corrected chi connectivity index (χ3v) is 2.52. The van der Waals surface area contributed by atoms with Gasteiger partial charge in [0.2, 0.25) is 0 Å². The Morgan fingerprint density at radius 3 is 2.94 bits per heavy atom. The summed E-state index contributed by atoms with van der Waals surface area (Å²) in [6.07, 6.45) is 5.01. The summed E-state index contributed by atoms with van der Waals surface area (Å²) in [7, 11) is 0. The van der Waals surface area contributed by atoms with E-state index in [9.17, 15) is 4.79 Å². The minimum absolute atomic E-state index is 0.101. The average molecular weight is 267 g/mol. The number of halogens is 1. The number of rotatable bonds is 5. The highest BCUT2D eigenvalue weighted by Gasteiger charge is 2.07. The summed E-state index contributed by atoms with van der Waals surface area (Å²) in [4.78, 5) is 11.3. The van der Waals surface area contributed by atoms with Crippen molar-refractivity contribution in [2.24, 2.45) is 5.73 Å². The second-order valence-electron chi connectivity index (χ2n) is 3.75. The molecule has 3 N–H and O–H groups in total. The monoisotopic (exact) mass is 266 g/mol. The molecule has 0 saturated carbocycles. The van der Waals surface area contributed by atoms with Crippen LogP contribution in [0.3, 0.4) is 0 Å². The first-order valence-electron chi connectivity index (χ1n) is 5.42. The second-order valence-corrected chi connectivity index (χ2v) is 4.16. The van der Waals surface area contributed by atoms with Crippen molar-refractivity contribution in [3.63, 3.8) is 0 Å². The fourth-order valence-electron chi connectivity index (χ4n) is 1.26. The van der Waals surface area contributed by atoms with E-state index in [1.165, 1.54) is 0 Å². The molecule has 1 rings (SSSR count). The maximum absolute atomic E-state index is 11.3. The Labute approximate surface area is 111 Å². The van der Waals surface area contributed by atoms with Crippen LogP contribution in [0.2, 0.25) is 5.02 Å². The van der Waals surface area contributed by atoms with E-state index in [4.69, 9.17) is 28.5 Å². The van der Waals surface area contributed by atoms with Gasteiger partial charge < -0.3 is 15.8 Å². The SMILES string of the molecule is C#CCNC(=O)COc1ccc([C@@H](C)N)cc1Cl. The number of nitrogens with one attached hydrogen (secondary N) is 1. The first-order chi connectivity index (χ1) is 8.54. The van der Waals surface area contributed by atoms with Gasteiger partial charge >= 0.3 is 0 Å². The Morgan fingerprint density at radius 1 is 1.67 bits per heavy atom. The lowest BCUT2D eigenvalue weighted by atomic mass is 10.1. The van der Waals surface area contributed by atoms with Crippen LogP contribution < -0.4 is 15.8 Å². The molecule has 0 unspecified atom stereocenters. The van der Waals surface area contributed by atoms with Gasteiger partial charge in [-0.15, -0.1) is 6.42 Å². The zero-order valence-electron chi connectivity index (χ0n) is 10.1. The first-order valence-corrected chi connectivity index (χ1v) is 5.80. The van der Waals surface area contributed by atoms with E-state index in [0.717, 1.165) is 5.56 Å². The number of terminal acetylenes is 1. The fraction of sp³-hybridized carbons (Fsp3) is 0.308. The zero-order chi connectivity index (χ0) is 13.5. The van der Waals surface area contributed by atoms with Gasteiger partial charge in [0.15, 0.2) is 6.61 Å². The molecular formula is C13H15ClN2O2. The molecule has 1 aromatic rings. The number of hydrogen-bond donors (Lipinski definition) is 2. The van der Waals surface area contributed by atoms with E-state index in [1.54, 1.807) is 12.1 Å². The van der Waals surface area contributed by atoms with Crippen LogP contribution in [-0.4, -0.2) is 19.1 Å². The Balaban J connectivity index is 2.58. The number of benzene rings is 1. The largest absolute Gasteiger partial charge is 0.482 e. The van der Waals surface area contributed by atoms with E-state index in [2.05, 4.69) is 11.2 Å². The number of carbonyl (C=O) groups is 1. The average Bonchev–Trinajstić information content (AvgIpc) is 2.34. The molecule has 0 aliphatic heterocycles. The molecule has 5 heteroatoms. The first kappa shape index (κ1) is 14.4. The molecule has 0 saturated heterocycles. The van der Waals surface area contributed by atoms with Crippen molar-refractivity contribution in [3.8, 4) is 18.1 Å². The van der Waals surface area contributed by atoms with E-state index < -0.39 is 0 Å². The number of amides is 1. The van der Waals surface area contributed by atoms with Crippen LogP contribution in [0.4, 0.5) is 0 Å². The lowest BCUT2D eigenvalue weighted by Crippen LogP contribution is -2.29. The van der Waals surface area contributed by atoms with Crippen molar-refractivity contribution >= 4 is 17.5 Å². The van der Waals surface area contributed by atoms with Crippen LogP contribution in [0.25, 0.3) is 0 Å². The Hall–Kier alpha value is -1.70. The minimum atomic E-state index is -0.291. The smallest absolute Gasteiger partial charge is 0.258 e. The van der Waals surface area contributed by atoms with E-state index in [0.29, 0.717) is 10.8 Å². The number of hydrogen-bond acceptors (Lipinski definition) is 3. The lowest BCUT2D eigenvalue weighted by molar-refractivity contribution is -0.122. The second kappa shape index (κ2) is 6.90. The predicted molar refractivity (Wildman–Crippen MR) is 71.4 cm³/mol. The molecule has 0 aliphatic rings. The van der Waals surface area contributed by atoms with Gasteiger partial charge in [0.1, 0.15) is 5.75 Å². The molecule has 0 radical (unpaired) electrons. The van der Waals surface area contributed by atoms with E-state index in [1.807, 2.05) is 13.0 Å². The van der Waals surface area contributed by atoms with Crippen molar-refractivity contribution in [1.29, 1.82) is 0 Å². The topological polar surface area (TPSA) is 64.3 Å². The van der Waals surface area contributed by atoms with Crippen molar-refractivity contribution < 1.29 is 9.53 Å². The zero-order valence-corrected chi connectivity index (χ0v) is 10.8. The summed E-state index contributed by atoms with van der Waals surface area (Å²) in [6, 6.07) is 5.12. The van der Waals surface area contributed by atoms with Crippen molar-refractivity contribution in [1.82, 2.24) is 5.32 Å². The van der Waals surface area contributed by atoms with Crippen LogP contribution in [0.1, 0.15) is 18.5 Å². The molecule has 4 nitrogen and oxygen atoms in total. The number of carbonyl (C=O) groups excluding carboxylic acids is 1. The van der Waals surface area contributed by atoms with Crippen molar-refractivity contribution in [3.05, 3.63) is 28.8 Å². The van der Waals surface area contributed by atoms with Crippen LogP contribution in [0.5, 0.6) is 5.75 Å². The number of ether oxygens (including phenoxy) is 1. The molecule has 1 atom stereocenters. The minimum Gasteiger partial charge on any atom is -0.482 e. The molecule has 0 aliphatic carbocycles. The Bertz CT molecular complexity index is 467. The molecular weight excluding hydrogens is 252 g/mol. The van der Waals surface area contributed by atoms with Crippen LogP contribution in [-0.2, 0) is 4.79 Å². The molecule has 0 bridgehead atoms. The molecule has 0 fully saturated rings. The molecule has 0 heterocycles. The summed E-state index contributed by atoms with van der Waals surface area (Å²) >= 11 is 6.02. The number of nitrogens with two attached hydrogens (primary N) is 1. The van der Waals surface area contributed by atoms with Gasteiger partial charge in [-0.25, -0.2) is 0 Å². The highest BCUT2D eigenvalue weighted by molar-refractivity contribution is 6.32.